The van der Waals surface area contributed by atoms with Crippen molar-refractivity contribution in [2.45, 2.75) is 19.8 Å². The SMILES string of the molecule is Cc1nc(NC(=O)c2ccccc2Cl)sc1-c1csc(NC(=O)CCc2ccccc2)n1. The topological polar surface area (TPSA) is 84.0 Å². The highest BCUT2D eigenvalue weighted by Crippen LogP contribution is 2.35. The minimum atomic E-state index is -0.319. The number of halogens is 1. The molecule has 0 atom stereocenters. The van der Waals surface area contributed by atoms with E-state index in [2.05, 4.69) is 20.6 Å². The summed E-state index contributed by atoms with van der Waals surface area (Å²) in [5.74, 6) is -0.399. The number of carbonyl (C=O) groups excluding carboxylic acids is 2. The quantitative estimate of drug-likeness (QED) is 0.335. The Morgan fingerprint density at radius 3 is 2.50 bits per heavy atom. The van der Waals surface area contributed by atoms with Crippen LogP contribution in [0.5, 0.6) is 0 Å². The van der Waals surface area contributed by atoms with Crippen LogP contribution in [0.2, 0.25) is 5.02 Å². The molecular formula is C23H19ClN4O2S2. The van der Waals surface area contributed by atoms with E-state index in [0.29, 0.717) is 39.4 Å². The van der Waals surface area contributed by atoms with E-state index in [0.717, 1.165) is 16.1 Å². The first kappa shape index (κ1) is 22.1. The minimum Gasteiger partial charge on any atom is -0.302 e. The second-order valence-electron chi connectivity index (χ2n) is 6.94. The van der Waals surface area contributed by atoms with Crippen LogP contribution in [0.4, 0.5) is 10.3 Å². The van der Waals surface area contributed by atoms with E-state index in [9.17, 15) is 9.59 Å². The highest BCUT2D eigenvalue weighted by atomic mass is 35.5. The van der Waals surface area contributed by atoms with Gasteiger partial charge < -0.3 is 5.32 Å². The first-order chi connectivity index (χ1) is 15.5. The van der Waals surface area contributed by atoms with Gasteiger partial charge in [0.25, 0.3) is 5.91 Å². The Morgan fingerprint density at radius 1 is 0.969 bits per heavy atom. The second-order valence-corrected chi connectivity index (χ2v) is 9.20. The first-order valence-corrected chi connectivity index (χ1v) is 11.9. The second kappa shape index (κ2) is 10.0. The Kier molecular flexibility index (Phi) is 6.94. The molecule has 32 heavy (non-hydrogen) atoms. The molecule has 2 aromatic carbocycles. The van der Waals surface area contributed by atoms with Gasteiger partial charge in [-0.25, -0.2) is 9.97 Å². The number of hydrogen-bond acceptors (Lipinski definition) is 6. The molecule has 2 amide bonds. The summed E-state index contributed by atoms with van der Waals surface area (Å²) in [5.41, 5.74) is 2.96. The molecule has 9 heteroatoms. The molecule has 0 aliphatic rings. The highest BCUT2D eigenvalue weighted by molar-refractivity contribution is 7.20. The molecular weight excluding hydrogens is 464 g/mol. The predicted octanol–water partition coefficient (Wildman–Crippen LogP) is 6.05. The van der Waals surface area contributed by atoms with Crippen molar-refractivity contribution in [1.82, 2.24) is 9.97 Å². The molecule has 2 heterocycles. The van der Waals surface area contributed by atoms with Gasteiger partial charge in [0.05, 0.1) is 26.9 Å². The van der Waals surface area contributed by atoms with Crippen LogP contribution in [0.1, 0.15) is 28.0 Å². The molecule has 4 rings (SSSR count). The fraction of sp³-hybridized carbons (Fsp3) is 0.130. The Balaban J connectivity index is 1.39. The van der Waals surface area contributed by atoms with E-state index in [1.807, 2.05) is 42.6 Å². The number of anilines is 2. The highest BCUT2D eigenvalue weighted by Gasteiger charge is 2.17. The van der Waals surface area contributed by atoms with E-state index < -0.39 is 0 Å². The van der Waals surface area contributed by atoms with Gasteiger partial charge in [-0.05, 0) is 31.0 Å². The van der Waals surface area contributed by atoms with Crippen molar-refractivity contribution in [1.29, 1.82) is 0 Å². The van der Waals surface area contributed by atoms with Crippen molar-refractivity contribution in [2.75, 3.05) is 10.6 Å². The Hall–Kier alpha value is -3.07. The van der Waals surface area contributed by atoms with Crippen LogP contribution in [0.3, 0.4) is 0 Å². The summed E-state index contributed by atoms with van der Waals surface area (Å²) in [7, 11) is 0. The van der Waals surface area contributed by atoms with Crippen molar-refractivity contribution in [3.8, 4) is 10.6 Å². The molecule has 4 aromatic rings. The molecule has 0 unspecified atom stereocenters. The Morgan fingerprint density at radius 2 is 1.72 bits per heavy atom. The van der Waals surface area contributed by atoms with Crippen LogP contribution in [0, 0.1) is 6.92 Å². The van der Waals surface area contributed by atoms with Gasteiger partial charge in [-0.3, -0.25) is 14.9 Å². The summed E-state index contributed by atoms with van der Waals surface area (Å²) in [5, 5.41) is 8.89. The number of hydrogen-bond donors (Lipinski definition) is 2. The van der Waals surface area contributed by atoms with Crippen LogP contribution in [-0.4, -0.2) is 21.8 Å². The van der Waals surface area contributed by atoms with Gasteiger partial charge in [0, 0.05) is 11.8 Å². The maximum absolute atomic E-state index is 12.5. The summed E-state index contributed by atoms with van der Waals surface area (Å²) in [6.45, 7) is 1.86. The molecule has 162 valence electrons. The molecule has 0 aliphatic heterocycles. The van der Waals surface area contributed by atoms with Gasteiger partial charge >= 0.3 is 0 Å². The summed E-state index contributed by atoms with van der Waals surface area (Å²) in [6.07, 6.45) is 1.06. The van der Waals surface area contributed by atoms with E-state index in [4.69, 9.17) is 11.6 Å². The van der Waals surface area contributed by atoms with Gasteiger partial charge in [0.15, 0.2) is 10.3 Å². The summed E-state index contributed by atoms with van der Waals surface area (Å²) in [4.78, 5) is 34.6. The maximum Gasteiger partial charge on any atom is 0.258 e. The van der Waals surface area contributed by atoms with E-state index >= 15 is 0 Å². The van der Waals surface area contributed by atoms with Crippen LogP contribution >= 0.6 is 34.3 Å². The van der Waals surface area contributed by atoms with Crippen molar-refractivity contribution in [3.05, 3.63) is 81.8 Å². The molecule has 2 N–H and O–H groups in total. The van der Waals surface area contributed by atoms with Gasteiger partial charge in [-0.1, -0.05) is 65.4 Å². The van der Waals surface area contributed by atoms with Crippen LogP contribution in [-0.2, 0) is 11.2 Å². The smallest absolute Gasteiger partial charge is 0.258 e. The number of nitrogens with zero attached hydrogens (tertiary/aromatic N) is 2. The lowest BCUT2D eigenvalue weighted by Crippen LogP contribution is -2.12. The van der Waals surface area contributed by atoms with Crippen LogP contribution < -0.4 is 10.6 Å². The number of carbonyl (C=O) groups is 2. The summed E-state index contributed by atoms with van der Waals surface area (Å²) >= 11 is 8.78. The lowest BCUT2D eigenvalue weighted by atomic mass is 10.1. The minimum absolute atomic E-state index is 0.0801. The van der Waals surface area contributed by atoms with Gasteiger partial charge in [0.1, 0.15) is 0 Å². The first-order valence-electron chi connectivity index (χ1n) is 9.82. The Labute approximate surface area is 198 Å². The third kappa shape index (κ3) is 5.40. The standard InChI is InChI=1S/C23H19ClN4O2S2/c1-14-20(32-23(25-14)28-21(30)16-9-5-6-10-17(16)24)18-13-31-22(26-18)27-19(29)12-11-15-7-3-2-4-8-15/h2-10,13H,11-12H2,1H3,(H,25,28,30)(H,26,27,29). The largest absolute Gasteiger partial charge is 0.302 e. The van der Waals surface area contributed by atoms with Crippen LogP contribution in [0.15, 0.2) is 60.0 Å². The molecule has 0 aliphatic carbocycles. The fourth-order valence-corrected chi connectivity index (χ4v) is 4.95. The van der Waals surface area contributed by atoms with Crippen molar-refractivity contribution < 1.29 is 9.59 Å². The number of thiazole rings is 2. The predicted molar refractivity (Wildman–Crippen MR) is 131 cm³/mol. The molecule has 0 spiro atoms. The van der Waals surface area contributed by atoms with Gasteiger partial charge in [0.2, 0.25) is 5.91 Å². The third-order valence-electron chi connectivity index (χ3n) is 4.60. The number of benzene rings is 2. The van der Waals surface area contributed by atoms with Gasteiger partial charge in [-0.2, -0.15) is 0 Å². The third-order valence-corrected chi connectivity index (χ3v) is 6.78. The molecule has 0 saturated carbocycles. The zero-order chi connectivity index (χ0) is 22.5. The summed E-state index contributed by atoms with van der Waals surface area (Å²) < 4.78 is 0. The zero-order valence-electron chi connectivity index (χ0n) is 17.1. The number of aryl methyl sites for hydroxylation is 2. The van der Waals surface area contributed by atoms with E-state index in [-0.39, 0.29) is 11.8 Å². The van der Waals surface area contributed by atoms with Gasteiger partial charge in [-0.15, -0.1) is 11.3 Å². The van der Waals surface area contributed by atoms with Crippen LogP contribution in [0.25, 0.3) is 10.6 Å². The lowest BCUT2D eigenvalue weighted by molar-refractivity contribution is -0.116. The number of rotatable bonds is 7. The molecule has 0 saturated heterocycles. The zero-order valence-corrected chi connectivity index (χ0v) is 19.5. The molecule has 2 aromatic heterocycles. The molecule has 0 bridgehead atoms. The Bertz CT molecular complexity index is 1250. The van der Waals surface area contributed by atoms with Crippen molar-refractivity contribution in [3.63, 3.8) is 0 Å². The van der Waals surface area contributed by atoms with Crippen molar-refractivity contribution >= 4 is 56.4 Å². The van der Waals surface area contributed by atoms with E-state index in [1.54, 1.807) is 24.3 Å². The maximum atomic E-state index is 12.5. The fourth-order valence-electron chi connectivity index (χ4n) is 3.02. The monoisotopic (exact) mass is 482 g/mol. The van der Waals surface area contributed by atoms with Crippen molar-refractivity contribution in [2.24, 2.45) is 0 Å². The average molecular weight is 483 g/mol. The van der Waals surface area contributed by atoms with E-state index in [1.165, 1.54) is 22.7 Å². The number of nitrogens with one attached hydrogen (secondary N) is 2. The number of amides is 2. The molecule has 0 radical (unpaired) electrons. The summed E-state index contributed by atoms with van der Waals surface area (Å²) in [6, 6.07) is 16.7. The lowest BCUT2D eigenvalue weighted by Gasteiger charge is -2.03. The average Bonchev–Trinajstić information content (AvgIpc) is 3.39. The molecule has 0 fully saturated rings. The number of aromatic nitrogens is 2. The molecule has 6 nitrogen and oxygen atoms in total. The normalized spacial score (nSPS) is 10.7.